The van der Waals surface area contributed by atoms with Crippen molar-refractivity contribution >= 4 is 17.5 Å². The third-order valence-electron chi connectivity index (χ3n) is 4.39. The van der Waals surface area contributed by atoms with Gasteiger partial charge in [-0.3, -0.25) is 0 Å². The molecular formula is C20H27N5O3. The monoisotopic (exact) mass is 385 g/mol. The molecule has 1 N–H and O–H groups in total. The number of carbonyl (C=O) groups is 1. The van der Waals surface area contributed by atoms with E-state index in [1.54, 1.807) is 12.0 Å². The molecule has 8 heteroatoms. The molecule has 1 aliphatic rings. The number of urea groups is 1. The zero-order chi connectivity index (χ0) is 20.1. The highest BCUT2D eigenvalue weighted by molar-refractivity contribution is 5.89. The van der Waals surface area contributed by atoms with Crippen LogP contribution < -0.4 is 19.7 Å². The van der Waals surface area contributed by atoms with Crippen molar-refractivity contribution in [3.05, 3.63) is 36.2 Å². The molecule has 0 saturated carbocycles. The lowest BCUT2D eigenvalue weighted by molar-refractivity contribution is 0.208. The van der Waals surface area contributed by atoms with Crippen LogP contribution in [0.25, 0.3) is 0 Å². The van der Waals surface area contributed by atoms with E-state index in [9.17, 15) is 4.79 Å². The molecule has 2 aromatic rings. The number of rotatable bonds is 5. The van der Waals surface area contributed by atoms with Gasteiger partial charge in [-0.1, -0.05) is 0 Å². The van der Waals surface area contributed by atoms with Crippen LogP contribution in [-0.2, 0) is 0 Å². The summed E-state index contributed by atoms with van der Waals surface area (Å²) in [6.45, 7) is 8.43. The summed E-state index contributed by atoms with van der Waals surface area (Å²) in [6.07, 6.45) is 0.0562. The topological polar surface area (TPSA) is 79.8 Å². The maximum Gasteiger partial charge on any atom is 0.321 e. The number of hydrogen-bond donors (Lipinski definition) is 1. The van der Waals surface area contributed by atoms with E-state index in [2.05, 4.69) is 20.2 Å². The number of carbonyl (C=O) groups excluding carboxylic acids is 1. The smallest absolute Gasteiger partial charge is 0.321 e. The highest BCUT2D eigenvalue weighted by Gasteiger charge is 2.23. The summed E-state index contributed by atoms with van der Waals surface area (Å²) in [5.41, 5.74) is 0.745. The van der Waals surface area contributed by atoms with Crippen molar-refractivity contribution in [2.45, 2.75) is 26.9 Å². The second kappa shape index (κ2) is 8.77. The summed E-state index contributed by atoms with van der Waals surface area (Å²) in [4.78, 5) is 25.3. The zero-order valence-electron chi connectivity index (χ0n) is 16.8. The lowest BCUT2D eigenvalue weighted by Gasteiger charge is -2.35. The van der Waals surface area contributed by atoms with E-state index in [1.807, 2.05) is 51.1 Å². The highest BCUT2D eigenvalue weighted by atomic mass is 16.5. The summed E-state index contributed by atoms with van der Waals surface area (Å²) in [6, 6.07) is 9.05. The van der Waals surface area contributed by atoms with Crippen molar-refractivity contribution in [2.24, 2.45) is 0 Å². The summed E-state index contributed by atoms with van der Waals surface area (Å²) >= 11 is 0. The molecule has 150 valence electrons. The Bertz CT molecular complexity index is 802. The number of nitrogens with one attached hydrogen (secondary N) is 1. The minimum atomic E-state index is -0.104. The molecule has 1 aromatic carbocycles. The fraction of sp³-hybridized carbons (Fsp3) is 0.450. The van der Waals surface area contributed by atoms with Crippen molar-refractivity contribution in [3.8, 4) is 11.6 Å². The fourth-order valence-corrected chi connectivity index (χ4v) is 3.00. The van der Waals surface area contributed by atoms with Gasteiger partial charge >= 0.3 is 6.03 Å². The molecule has 0 unspecified atom stereocenters. The first-order valence-electron chi connectivity index (χ1n) is 9.42. The van der Waals surface area contributed by atoms with E-state index >= 15 is 0 Å². The average Bonchev–Trinajstić information content (AvgIpc) is 2.67. The van der Waals surface area contributed by atoms with E-state index in [0.29, 0.717) is 37.9 Å². The minimum Gasteiger partial charge on any atom is -0.497 e. The summed E-state index contributed by atoms with van der Waals surface area (Å²) in [5.74, 6) is 2.84. The molecule has 1 aliphatic heterocycles. The van der Waals surface area contributed by atoms with Crippen LogP contribution in [0.15, 0.2) is 30.3 Å². The SMILES string of the molecule is COc1ccc(NC(=O)N2CCN(c3cc(OC(C)C)nc(C)n3)CC2)cc1. The molecule has 1 aromatic heterocycles. The van der Waals surface area contributed by atoms with Gasteiger partial charge < -0.3 is 24.6 Å². The predicted molar refractivity (Wildman–Crippen MR) is 108 cm³/mol. The van der Waals surface area contributed by atoms with Crippen molar-refractivity contribution in [3.63, 3.8) is 0 Å². The normalized spacial score (nSPS) is 14.2. The van der Waals surface area contributed by atoms with Gasteiger partial charge in [-0.05, 0) is 45.0 Å². The standard InChI is InChI=1S/C20H27N5O3/c1-14(2)28-19-13-18(21-15(3)22-19)24-9-11-25(12-10-24)20(26)23-16-5-7-17(27-4)8-6-16/h5-8,13-14H,9-12H2,1-4H3,(H,23,26). The lowest BCUT2D eigenvalue weighted by atomic mass is 10.3. The first kappa shape index (κ1) is 19.7. The number of aryl methyl sites for hydroxylation is 1. The van der Waals surface area contributed by atoms with Crippen LogP contribution in [0.3, 0.4) is 0 Å². The van der Waals surface area contributed by atoms with Crippen molar-refractivity contribution < 1.29 is 14.3 Å². The molecule has 28 heavy (non-hydrogen) atoms. The molecule has 0 spiro atoms. The van der Waals surface area contributed by atoms with Crippen molar-refractivity contribution in [2.75, 3.05) is 43.5 Å². The van der Waals surface area contributed by atoms with E-state index in [1.165, 1.54) is 0 Å². The Morgan fingerprint density at radius 3 is 2.39 bits per heavy atom. The van der Waals surface area contributed by atoms with Gasteiger partial charge in [0.15, 0.2) is 0 Å². The number of ether oxygens (including phenoxy) is 2. The number of aromatic nitrogens is 2. The van der Waals surface area contributed by atoms with Crippen LogP contribution in [0, 0.1) is 6.92 Å². The van der Waals surface area contributed by atoms with Gasteiger partial charge in [0.2, 0.25) is 5.88 Å². The Balaban J connectivity index is 1.57. The Labute approximate surface area is 165 Å². The number of amides is 2. The largest absolute Gasteiger partial charge is 0.497 e. The molecule has 0 bridgehead atoms. The third kappa shape index (κ3) is 5.03. The number of methoxy groups -OCH3 is 1. The summed E-state index contributed by atoms with van der Waals surface area (Å²) < 4.78 is 10.8. The number of anilines is 2. The third-order valence-corrected chi connectivity index (χ3v) is 4.39. The van der Waals surface area contributed by atoms with Gasteiger partial charge in [0.1, 0.15) is 17.4 Å². The second-order valence-electron chi connectivity index (χ2n) is 6.91. The zero-order valence-corrected chi connectivity index (χ0v) is 16.8. The number of piperazine rings is 1. The molecular weight excluding hydrogens is 358 g/mol. The Kier molecular flexibility index (Phi) is 6.18. The molecule has 0 atom stereocenters. The molecule has 1 fully saturated rings. The molecule has 1 saturated heterocycles. The van der Waals surface area contributed by atoms with Gasteiger partial charge in [0.25, 0.3) is 0 Å². The fourth-order valence-electron chi connectivity index (χ4n) is 3.00. The van der Waals surface area contributed by atoms with Gasteiger partial charge in [-0.25, -0.2) is 9.78 Å². The second-order valence-corrected chi connectivity index (χ2v) is 6.91. The number of nitrogens with zero attached hydrogens (tertiary/aromatic N) is 4. The molecule has 3 rings (SSSR count). The summed E-state index contributed by atoms with van der Waals surface area (Å²) in [7, 11) is 1.62. The van der Waals surface area contributed by atoms with E-state index < -0.39 is 0 Å². The lowest BCUT2D eigenvalue weighted by Crippen LogP contribution is -2.50. The molecule has 0 aliphatic carbocycles. The first-order valence-corrected chi connectivity index (χ1v) is 9.42. The van der Waals surface area contributed by atoms with Crippen LogP contribution in [0.4, 0.5) is 16.3 Å². The Morgan fingerprint density at radius 1 is 1.11 bits per heavy atom. The summed E-state index contributed by atoms with van der Waals surface area (Å²) in [5, 5.41) is 2.92. The van der Waals surface area contributed by atoms with Crippen LogP contribution in [0.1, 0.15) is 19.7 Å². The van der Waals surface area contributed by atoms with Gasteiger partial charge in [-0.2, -0.15) is 4.98 Å². The van der Waals surface area contributed by atoms with Crippen LogP contribution >= 0.6 is 0 Å². The van der Waals surface area contributed by atoms with Crippen LogP contribution in [0.2, 0.25) is 0 Å². The number of hydrogen-bond acceptors (Lipinski definition) is 6. The minimum absolute atomic E-state index is 0.0562. The maximum absolute atomic E-state index is 12.5. The molecule has 0 radical (unpaired) electrons. The quantitative estimate of drug-likeness (QED) is 0.852. The van der Waals surface area contributed by atoms with Crippen molar-refractivity contribution in [1.29, 1.82) is 0 Å². The Hall–Kier alpha value is -3.03. The van der Waals surface area contributed by atoms with Gasteiger partial charge in [0.05, 0.1) is 13.2 Å². The highest BCUT2D eigenvalue weighted by Crippen LogP contribution is 2.21. The first-order chi connectivity index (χ1) is 13.4. The molecule has 8 nitrogen and oxygen atoms in total. The molecule has 2 heterocycles. The Morgan fingerprint density at radius 2 is 1.79 bits per heavy atom. The number of benzene rings is 1. The average molecular weight is 385 g/mol. The molecule has 2 amide bonds. The van der Waals surface area contributed by atoms with Crippen LogP contribution in [-0.4, -0.2) is 60.3 Å². The van der Waals surface area contributed by atoms with E-state index in [0.717, 1.165) is 17.3 Å². The van der Waals surface area contributed by atoms with Gasteiger partial charge in [0, 0.05) is 37.9 Å². The maximum atomic E-state index is 12.5. The van der Waals surface area contributed by atoms with Crippen LogP contribution in [0.5, 0.6) is 11.6 Å². The van der Waals surface area contributed by atoms with Gasteiger partial charge in [-0.15, -0.1) is 0 Å². The van der Waals surface area contributed by atoms with Crippen molar-refractivity contribution in [1.82, 2.24) is 14.9 Å². The van der Waals surface area contributed by atoms with E-state index in [4.69, 9.17) is 9.47 Å². The van der Waals surface area contributed by atoms with E-state index in [-0.39, 0.29) is 12.1 Å². The predicted octanol–water partition coefficient (Wildman–Crippen LogP) is 2.93.